The molecule has 19 heavy (non-hydrogen) atoms. The van der Waals surface area contributed by atoms with Crippen LogP contribution in [0.1, 0.15) is 35.3 Å². The number of nitrogens with zero attached hydrogens (tertiary/aromatic N) is 2. The highest BCUT2D eigenvalue weighted by Gasteiger charge is 2.35. The second-order valence-electron chi connectivity index (χ2n) is 4.81. The van der Waals surface area contributed by atoms with E-state index in [0.717, 1.165) is 6.42 Å². The smallest absolute Gasteiger partial charge is 0.326 e. The Kier molecular flexibility index (Phi) is 4.16. The van der Waals surface area contributed by atoms with Crippen LogP contribution >= 0.6 is 11.3 Å². The number of carboxylic acid groups (broad SMARTS) is 1. The maximum atomic E-state index is 12.3. The lowest BCUT2D eigenvalue weighted by molar-refractivity contribution is -0.144. The summed E-state index contributed by atoms with van der Waals surface area (Å²) in [5.41, 5.74) is 5.76. The van der Waals surface area contributed by atoms with Gasteiger partial charge >= 0.3 is 5.97 Å². The van der Waals surface area contributed by atoms with Crippen LogP contribution in [-0.4, -0.2) is 39.5 Å². The summed E-state index contributed by atoms with van der Waals surface area (Å²) in [6, 6.07) is -0.751. The number of rotatable bonds is 3. The molecule has 2 heterocycles. The van der Waals surface area contributed by atoms with Gasteiger partial charge in [0.25, 0.3) is 5.91 Å². The van der Waals surface area contributed by atoms with Crippen molar-refractivity contribution in [1.29, 1.82) is 0 Å². The molecule has 2 unspecified atom stereocenters. The SMILES string of the molecule is CC1CCN(C(=O)c2csc(CN)n2)C(C(=O)O)C1. The molecule has 0 bridgehead atoms. The van der Waals surface area contributed by atoms with Crippen molar-refractivity contribution in [1.82, 2.24) is 9.88 Å². The third-order valence-electron chi connectivity index (χ3n) is 3.36. The molecule has 1 aromatic heterocycles. The zero-order valence-corrected chi connectivity index (χ0v) is 11.5. The van der Waals surface area contributed by atoms with Crippen LogP contribution in [0.2, 0.25) is 0 Å². The summed E-state index contributed by atoms with van der Waals surface area (Å²) in [5, 5.41) is 11.6. The molecule has 6 nitrogen and oxygen atoms in total. The van der Waals surface area contributed by atoms with Crippen molar-refractivity contribution >= 4 is 23.2 Å². The van der Waals surface area contributed by atoms with Crippen molar-refractivity contribution in [2.75, 3.05) is 6.54 Å². The van der Waals surface area contributed by atoms with Gasteiger partial charge in [-0.1, -0.05) is 6.92 Å². The van der Waals surface area contributed by atoms with E-state index in [2.05, 4.69) is 4.98 Å². The Morgan fingerprint density at radius 1 is 1.63 bits per heavy atom. The maximum absolute atomic E-state index is 12.3. The topological polar surface area (TPSA) is 96.5 Å². The number of nitrogens with two attached hydrogens (primary N) is 1. The first-order valence-corrected chi connectivity index (χ1v) is 7.09. The molecular weight excluding hydrogens is 266 g/mol. The minimum Gasteiger partial charge on any atom is -0.480 e. The van der Waals surface area contributed by atoms with Gasteiger partial charge in [-0.25, -0.2) is 9.78 Å². The molecule has 0 saturated carbocycles. The molecule has 0 aromatic carbocycles. The van der Waals surface area contributed by atoms with Crippen molar-refractivity contribution in [3.05, 3.63) is 16.1 Å². The molecule has 1 amide bonds. The largest absolute Gasteiger partial charge is 0.480 e. The molecule has 1 aliphatic heterocycles. The van der Waals surface area contributed by atoms with Crippen molar-refractivity contribution in [2.45, 2.75) is 32.4 Å². The van der Waals surface area contributed by atoms with E-state index in [4.69, 9.17) is 5.73 Å². The van der Waals surface area contributed by atoms with Gasteiger partial charge in [0, 0.05) is 18.5 Å². The number of carboxylic acids is 1. The van der Waals surface area contributed by atoms with Crippen LogP contribution in [0.3, 0.4) is 0 Å². The normalized spacial score (nSPS) is 23.4. The molecule has 0 aliphatic carbocycles. The van der Waals surface area contributed by atoms with Crippen LogP contribution in [0.5, 0.6) is 0 Å². The first kappa shape index (κ1) is 14.0. The second kappa shape index (κ2) is 5.66. The zero-order valence-electron chi connectivity index (χ0n) is 10.7. The highest BCUT2D eigenvalue weighted by atomic mass is 32.1. The average Bonchev–Trinajstić information content (AvgIpc) is 2.86. The highest BCUT2D eigenvalue weighted by Crippen LogP contribution is 2.24. The molecule has 2 atom stereocenters. The quantitative estimate of drug-likeness (QED) is 0.860. The van der Waals surface area contributed by atoms with E-state index in [9.17, 15) is 14.7 Å². The molecular formula is C12H17N3O3S. The monoisotopic (exact) mass is 283 g/mol. The van der Waals surface area contributed by atoms with Crippen LogP contribution in [-0.2, 0) is 11.3 Å². The summed E-state index contributed by atoms with van der Waals surface area (Å²) in [6.45, 7) is 2.76. The van der Waals surface area contributed by atoms with Crippen molar-refractivity contribution < 1.29 is 14.7 Å². The molecule has 1 fully saturated rings. The standard InChI is InChI=1S/C12H17N3O3S/c1-7-2-3-15(9(4-7)12(17)18)11(16)8-6-19-10(5-13)14-8/h6-7,9H,2-5,13H2,1H3,(H,17,18). The first-order chi connectivity index (χ1) is 9.02. The van der Waals surface area contributed by atoms with Gasteiger partial charge in [-0.05, 0) is 18.8 Å². The summed E-state index contributed by atoms with van der Waals surface area (Å²) in [7, 11) is 0. The van der Waals surface area contributed by atoms with Gasteiger partial charge in [-0.3, -0.25) is 4.79 Å². The summed E-state index contributed by atoms with van der Waals surface area (Å²) >= 11 is 1.32. The van der Waals surface area contributed by atoms with Crippen molar-refractivity contribution in [3.8, 4) is 0 Å². The average molecular weight is 283 g/mol. The fourth-order valence-corrected chi connectivity index (χ4v) is 2.92. The second-order valence-corrected chi connectivity index (χ2v) is 5.76. The minimum absolute atomic E-state index is 0.289. The summed E-state index contributed by atoms with van der Waals surface area (Å²) in [4.78, 5) is 29.1. The van der Waals surface area contributed by atoms with Crippen molar-refractivity contribution in [3.63, 3.8) is 0 Å². The minimum atomic E-state index is -0.950. The van der Waals surface area contributed by atoms with Crippen LogP contribution in [0.4, 0.5) is 0 Å². The number of amides is 1. The van der Waals surface area contributed by atoms with Gasteiger partial charge in [0.2, 0.25) is 0 Å². The number of thiazole rings is 1. The lowest BCUT2D eigenvalue weighted by Crippen LogP contribution is -2.49. The number of carbonyl (C=O) groups is 2. The van der Waals surface area contributed by atoms with Gasteiger partial charge in [-0.15, -0.1) is 11.3 Å². The maximum Gasteiger partial charge on any atom is 0.326 e. The van der Waals surface area contributed by atoms with E-state index >= 15 is 0 Å². The Morgan fingerprint density at radius 2 is 2.37 bits per heavy atom. The number of hydrogen-bond acceptors (Lipinski definition) is 5. The van der Waals surface area contributed by atoms with Crippen molar-refractivity contribution in [2.24, 2.45) is 11.7 Å². The predicted octanol–water partition coefficient (Wildman–Crippen LogP) is 0.927. The van der Waals surface area contributed by atoms with Crippen LogP contribution in [0.15, 0.2) is 5.38 Å². The molecule has 1 saturated heterocycles. The summed E-state index contributed by atoms with van der Waals surface area (Å²) < 4.78 is 0. The van der Waals surface area contributed by atoms with E-state index in [1.807, 2.05) is 6.92 Å². The lowest BCUT2D eigenvalue weighted by Gasteiger charge is -2.35. The predicted molar refractivity (Wildman–Crippen MR) is 70.9 cm³/mol. The number of aliphatic carboxylic acids is 1. The third-order valence-corrected chi connectivity index (χ3v) is 4.23. The number of hydrogen-bond donors (Lipinski definition) is 2. The summed E-state index contributed by atoms with van der Waals surface area (Å²) in [5.74, 6) is -0.940. The number of aromatic nitrogens is 1. The Labute approximate surface area is 115 Å². The fourth-order valence-electron chi connectivity index (χ4n) is 2.27. The lowest BCUT2D eigenvalue weighted by atomic mass is 9.92. The third kappa shape index (κ3) is 2.93. The molecule has 1 aromatic rings. The van der Waals surface area contributed by atoms with Gasteiger partial charge in [-0.2, -0.15) is 0 Å². The summed E-state index contributed by atoms with van der Waals surface area (Å²) in [6.07, 6.45) is 1.32. The molecule has 2 rings (SSSR count). The van der Waals surface area contributed by atoms with E-state index in [1.165, 1.54) is 16.2 Å². The molecule has 1 aliphatic rings. The number of likely N-dealkylation sites (tertiary alicyclic amines) is 1. The highest BCUT2D eigenvalue weighted by molar-refractivity contribution is 7.09. The molecule has 104 valence electrons. The Balaban J connectivity index is 2.18. The van der Waals surface area contributed by atoms with E-state index < -0.39 is 12.0 Å². The van der Waals surface area contributed by atoms with E-state index in [-0.39, 0.29) is 12.5 Å². The van der Waals surface area contributed by atoms with Gasteiger partial charge in [0.15, 0.2) is 0 Å². The number of piperidine rings is 1. The van der Waals surface area contributed by atoms with Crippen LogP contribution in [0.25, 0.3) is 0 Å². The van der Waals surface area contributed by atoms with Gasteiger partial charge in [0.05, 0.1) is 0 Å². The molecule has 0 spiro atoms. The molecule has 3 N–H and O–H groups in total. The Bertz CT molecular complexity index is 488. The van der Waals surface area contributed by atoms with E-state index in [1.54, 1.807) is 5.38 Å². The first-order valence-electron chi connectivity index (χ1n) is 6.21. The van der Waals surface area contributed by atoms with Gasteiger partial charge < -0.3 is 15.7 Å². The van der Waals surface area contributed by atoms with Crippen LogP contribution < -0.4 is 5.73 Å². The Morgan fingerprint density at radius 3 is 2.95 bits per heavy atom. The Hall–Kier alpha value is -1.47. The van der Waals surface area contributed by atoms with Gasteiger partial charge in [0.1, 0.15) is 16.7 Å². The molecule has 7 heteroatoms. The zero-order chi connectivity index (χ0) is 14.0. The van der Waals surface area contributed by atoms with E-state index in [0.29, 0.717) is 29.6 Å². The number of carbonyl (C=O) groups excluding carboxylic acids is 1. The molecule has 0 radical (unpaired) electrons. The fraction of sp³-hybridized carbons (Fsp3) is 0.583. The van der Waals surface area contributed by atoms with Crippen LogP contribution in [0, 0.1) is 5.92 Å².